The van der Waals surface area contributed by atoms with Crippen LogP contribution in [0.4, 0.5) is 5.69 Å². The topological polar surface area (TPSA) is 12.0 Å². The van der Waals surface area contributed by atoms with Crippen molar-refractivity contribution >= 4 is 5.69 Å². The summed E-state index contributed by atoms with van der Waals surface area (Å²) >= 11 is 0. The minimum atomic E-state index is 0.0288. The standard InChI is InChI=1S/C12H14N/c1-4-11(5-2)13-12-9-7-6-8-10(12)3/h6-9,11,13H,4H2,1,3H3. The summed E-state index contributed by atoms with van der Waals surface area (Å²) in [6.07, 6.45) is 7.95. The van der Waals surface area contributed by atoms with E-state index in [1.807, 2.05) is 25.1 Å². The summed E-state index contributed by atoms with van der Waals surface area (Å²) in [7, 11) is 0. The Kier molecular flexibility index (Phi) is 3.40. The average molecular weight is 172 g/mol. The molecule has 0 heterocycles. The second-order valence-corrected chi connectivity index (χ2v) is 3.06. The fraction of sp³-hybridized carbons (Fsp3) is 0.333. The first-order valence-electron chi connectivity index (χ1n) is 4.52. The molecule has 1 nitrogen and oxygen atoms in total. The molecule has 1 unspecified atom stereocenters. The van der Waals surface area contributed by atoms with Crippen molar-refractivity contribution in [1.29, 1.82) is 0 Å². The van der Waals surface area contributed by atoms with Crippen molar-refractivity contribution in [1.82, 2.24) is 0 Å². The van der Waals surface area contributed by atoms with Gasteiger partial charge in [-0.05, 0) is 31.4 Å². The van der Waals surface area contributed by atoms with Gasteiger partial charge in [0.25, 0.3) is 0 Å². The molecule has 1 N–H and O–H groups in total. The van der Waals surface area contributed by atoms with Crippen LogP contribution in [0, 0.1) is 19.3 Å². The van der Waals surface area contributed by atoms with Crippen molar-refractivity contribution < 1.29 is 0 Å². The van der Waals surface area contributed by atoms with Crippen molar-refractivity contribution in [2.45, 2.75) is 26.3 Å². The zero-order valence-electron chi connectivity index (χ0n) is 8.09. The summed E-state index contributed by atoms with van der Waals surface area (Å²) in [5, 5.41) is 3.25. The van der Waals surface area contributed by atoms with Crippen LogP contribution in [0.15, 0.2) is 24.3 Å². The second-order valence-electron chi connectivity index (χ2n) is 3.06. The lowest BCUT2D eigenvalue weighted by molar-refractivity contribution is 0.855. The van der Waals surface area contributed by atoms with Gasteiger partial charge in [0.2, 0.25) is 0 Å². The minimum Gasteiger partial charge on any atom is -0.371 e. The minimum absolute atomic E-state index is 0.0288. The van der Waals surface area contributed by atoms with Crippen LogP contribution in [0.3, 0.4) is 0 Å². The Morgan fingerprint density at radius 1 is 1.46 bits per heavy atom. The van der Waals surface area contributed by atoms with Crippen LogP contribution < -0.4 is 5.32 Å². The van der Waals surface area contributed by atoms with E-state index in [9.17, 15) is 0 Å². The highest BCUT2D eigenvalue weighted by molar-refractivity contribution is 5.51. The zero-order chi connectivity index (χ0) is 9.68. The predicted molar refractivity (Wildman–Crippen MR) is 56.0 cm³/mol. The Morgan fingerprint density at radius 2 is 2.15 bits per heavy atom. The molecule has 1 aromatic carbocycles. The van der Waals surface area contributed by atoms with E-state index in [1.165, 1.54) is 5.56 Å². The largest absolute Gasteiger partial charge is 0.371 e. The first kappa shape index (κ1) is 9.67. The van der Waals surface area contributed by atoms with Gasteiger partial charge in [-0.15, -0.1) is 0 Å². The Hall–Kier alpha value is -1.42. The Bertz CT molecular complexity index is 309. The van der Waals surface area contributed by atoms with E-state index in [0.717, 1.165) is 12.1 Å². The highest BCUT2D eigenvalue weighted by Crippen LogP contribution is 2.14. The highest BCUT2D eigenvalue weighted by atomic mass is 14.9. The lowest BCUT2D eigenvalue weighted by atomic mass is 10.1. The summed E-state index contributed by atoms with van der Waals surface area (Å²) in [4.78, 5) is 0. The van der Waals surface area contributed by atoms with Gasteiger partial charge in [0.15, 0.2) is 0 Å². The molecule has 0 aromatic heterocycles. The van der Waals surface area contributed by atoms with E-state index in [0.29, 0.717) is 0 Å². The normalized spacial score (nSPS) is 11.8. The van der Waals surface area contributed by atoms with Gasteiger partial charge in [-0.1, -0.05) is 31.0 Å². The summed E-state index contributed by atoms with van der Waals surface area (Å²) in [5.74, 6) is 2.47. The van der Waals surface area contributed by atoms with Crippen LogP contribution in [-0.4, -0.2) is 6.04 Å². The van der Waals surface area contributed by atoms with Crippen molar-refractivity contribution in [2.24, 2.45) is 0 Å². The second kappa shape index (κ2) is 4.57. The van der Waals surface area contributed by atoms with Crippen LogP contribution in [0.2, 0.25) is 0 Å². The lowest BCUT2D eigenvalue weighted by Crippen LogP contribution is -2.16. The number of hydrogen-bond donors (Lipinski definition) is 1. The number of para-hydroxylation sites is 1. The molecule has 0 aliphatic carbocycles. The Labute approximate surface area is 80.2 Å². The molecule has 13 heavy (non-hydrogen) atoms. The van der Waals surface area contributed by atoms with Crippen molar-refractivity contribution in [2.75, 3.05) is 5.32 Å². The molecular weight excluding hydrogens is 158 g/mol. The third-order valence-corrected chi connectivity index (χ3v) is 2.06. The number of hydrogen-bond acceptors (Lipinski definition) is 1. The van der Waals surface area contributed by atoms with Crippen molar-refractivity contribution in [3.05, 3.63) is 36.3 Å². The van der Waals surface area contributed by atoms with Crippen molar-refractivity contribution in [3.8, 4) is 5.92 Å². The molecule has 1 radical (unpaired) electrons. The highest BCUT2D eigenvalue weighted by Gasteiger charge is 2.02. The smallest absolute Gasteiger partial charge is 0.0884 e. The van der Waals surface area contributed by atoms with Gasteiger partial charge >= 0.3 is 0 Å². The molecule has 1 rings (SSSR count). The van der Waals surface area contributed by atoms with E-state index >= 15 is 0 Å². The van der Waals surface area contributed by atoms with Gasteiger partial charge in [-0.2, -0.15) is 0 Å². The zero-order valence-corrected chi connectivity index (χ0v) is 8.09. The summed E-state index contributed by atoms with van der Waals surface area (Å²) in [6.45, 7) is 4.09. The molecule has 1 atom stereocenters. The molecule has 0 saturated heterocycles. The number of nitrogens with one attached hydrogen (secondary N) is 1. The molecule has 0 fully saturated rings. The quantitative estimate of drug-likeness (QED) is 0.691. The number of anilines is 1. The van der Waals surface area contributed by atoms with Crippen LogP contribution in [0.25, 0.3) is 0 Å². The lowest BCUT2D eigenvalue weighted by Gasteiger charge is -2.13. The molecule has 0 bridgehead atoms. The molecule has 1 aromatic rings. The molecular formula is C12H14N. The SMILES string of the molecule is [C]#CC(CC)Nc1ccccc1C. The molecule has 0 saturated carbocycles. The van der Waals surface area contributed by atoms with E-state index in [2.05, 4.69) is 24.2 Å². The fourth-order valence-corrected chi connectivity index (χ4v) is 1.16. The first-order chi connectivity index (χ1) is 6.27. The number of aryl methyl sites for hydroxylation is 1. The van der Waals surface area contributed by atoms with Gasteiger partial charge in [-0.3, -0.25) is 0 Å². The Morgan fingerprint density at radius 3 is 2.69 bits per heavy atom. The predicted octanol–water partition coefficient (Wildman–Crippen LogP) is 2.78. The van der Waals surface area contributed by atoms with E-state index in [-0.39, 0.29) is 6.04 Å². The summed E-state index contributed by atoms with van der Waals surface area (Å²) < 4.78 is 0. The molecule has 0 spiro atoms. The van der Waals surface area contributed by atoms with Gasteiger partial charge in [-0.25, -0.2) is 0 Å². The third kappa shape index (κ3) is 2.52. The first-order valence-corrected chi connectivity index (χ1v) is 4.52. The summed E-state index contributed by atoms with van der Waals surface area (Å²) in [6, 6.07) is 8.11. The van der Waals surface area contributed by atoms with Gasteiger partial charge in [0, 0.05) is 5.69 Å². The van der Waals surface area contributed by atoms with Crippen LogP contribution in [0.1, 0.15) is 18.9 Å². The maximum atomic E-state index is 7.07. The maximum absolute atomic E-state index is 7.07. The third-order valence-electron chi connectivity index (χ3n) is 2.06. The molecule has 0 aliphatic heterocycles. The number of benzene rings is 1. The van der Waals surface area contributed by atoms with E-state index in [1.54, 1.807) is 0 Å². The van der Waals surface area contributed by atoms with E-state index in [4.69, 9.17) is 6.42 Å². The molecule has 0 aliphatic rings. The van der Waals surface area contributed by atoms with E-state index < -0.39 is 0 Å². The monoisotopic (exact) mass is 172 g/mol. The van der Waals surface area contributed by atoms with Crippen LogP contribution >= 0.6 is 0 Å². The molecule has 1 heteroatoms. The van der Waals surface area contributed by atoms with Gasteiger partial charge in [0.1, 0.15) is 0 Å². The van der Waals surface area contributed by atoms with Crippen LogP contribution in [0.5, 0.6) is 0 Å². The maximum Gasteiger partial charge on any atom is 0.0884 e. The number of rotatable bonds is 3. The van der Waals surface area contributed by atoms with Crippen LogP contribution in [-0.2, 0) is 0 Å². The fourth-order valence-electron chi connectivity index (χ4n) is 1.16. The molecule has 67 valence electrons. The van der Waals surface area contributed by atoms with Crippen molar-refractivity contribution in [3.63, 3.8) is 0 Å². The van der Waals surface area contributed by atoms with Gasteiger partial charge < -0.3 is 5.32 Å². The van der Waals surface area contributed by atoms with Gasteiger partial charge in [0.05, 0.1) is 6.04 Å². The Balaban J connectivity index is 2.74. The summed E-state index contributed by atoms with van der Waals surface area (Å²) in [5.41, 5.74) is 2.30. The molecule has 0 amide bonds. The average Bonchev–Trinajstić information content (AvgIpc) is 2.17.